The molecule has 160 valence electrons. The topological polar surface area (TPSA) is 88.6 Å². The van der Waals surface area contributed by atoms with Gasteiger partial charge >= 0.3 is 6.18 Å². The number of aromatic amines is 1. The van der Waals surface area contributed by atoms with E-state index in [1.165, 1.54) is 12.5 Å². The maximum atomic E-state index is 14.5. The number of hydrogen-bond acceptors (Lipinski definition) is 6. The van der Waals surface area contributed by atoms with Gasteiger partial charge < -0.3 is 15.0 Å². The van der Waals surface area contributed by atoms with E-state index in [1.807, 2.05) is 0 Å². The third-order valence-electron chi connectivity index (χ3n) is 4.43. The van der Waals surface area contributed by atoms with Crippen molar-refractivity contribution in [3.8, 4) is 5.88 Å². The van der Waals surface area contributed by atoms with Gasteiger partial charge in [-0.15, -0.1) is 0 Å². The highest BCUT2D eigenvalue weighted by molar-refractivity contribution is 5.78. The molecule has 4 aromatic heterocycles. The van der Waals surface area contributed by atoms with Crippen LogP contribution in [0.1, 0.15) is 16.7 Å². The van der Waals surface area contributed by atoms with Crippen LogP contribution in [-0.2, 0) is 13.0 Å². The number of rotatable bonds is 7. The minimum atomic E-state index is -4.47. The van der Waals surface area contributed by atoms with E-state index in [1.54, 1.807) is 36.7 Å². The summed E-state index contributed by atoms with van der Waals surface area (Å²) in [7, 11) is 0. The Balaban J connectivity index is 1.44. The van der Waals surface area contributed by atoms with Gasteiger partial charge in [-0.05, 0) is 17.7 Å². The van der Waals surface area contributed by atoms with Gasteiger partial charge in [0, 0.05) is 48.1 Å². The third-order valence-corrected chi connectivity index (χ3v) is 4.43. The second kappa shape index (κ2) is 8.54. The fraction of sp³-hybridized carbons (Fsp3) is 0.200. The molecule has 0 atom stereocenters. The summed E-state index contributed by atoms with van der Waals surface area (Å²) in [5.41, 5.74) is 2.26. The molecule has 7 nitrogen and oxygen atoms in total. The lowest BCUT2D eigenvalue weighted by atomic mass is 10.1. The van der Waals surface area contributed by atoms with Crippen LogP contribution in [0.4, 0.5) is 23.4 Å². The molecule has 0 radical (unpaired) electrons. The number of aromatic nitrogens is 5. The zero-order valence-electron chi connectivity index (χ0n) is 15.9. The average Bonchev–Trinajstić information content (AvgIpc) is 3.15. The Morgan fingerprint density at radius 1 is 1.06 bits per heavy atom. The second-order valence-electron chi connectivity index (χ2n) is 6.65. The predicted octanol–water partition coefficient (Wildman–Crippen LogP) is 4.03. The van der Waals surface area contributed by atoms with E-state index in [9.17, 15) is 17.6 Å². The first-order valence-corrected chi connectivity index (χ1v) is 9.18. The number of halogens is 4. The fourth-order valence-corrected chi connectivity index (χ4v) is 2.98. The Bertz CT molecular complexity index is 1190. The largest absolute Gasteiger partial charge is 0.468 e. The van der Waals surface area contributed by atoms with Crippen LogP contribution in [0.5, 0.6) is 5.88 Å². The first kappa shape index (κ1) is 20.5. The predicted molar refractivity (Wildman–Crippen MR) is 104 cm³/mol. The van der Waals surface area contributed by atoms with Crippen LogP contribution in [0.2, 0.25) is 0 Å². The number of anilines is 1. The van der Waals surface area contributed by atoms with Crippen LogP contribution in [0, 0.1) is 5.95 Å². The van der Waals surface area contributed by atoms with Crippen LogP contribution in [0.25, 0.3) is 11.0 Å². The molecule has 0 aliphatic rings. The van der Waals surface area contributed by atoms with Crippen molar-refractivity contribution in [2.45, 2.75) is 19.1 Å². The molecule has 4 heterocycles. The Kier molecular flexibility index (Phi) is 5.65. The molecule has 0 fully saturated rings. The summed E-state index contributed by atoms with van der Waals surface area (Å²) in [5, 5.41) is 3.67. The lowest BCUT2D eigenvalue weighted by Gasteiger charge is -2.13. The lowest BCUT2D eigenvalue weighted by Crippen LogP contribution is -2.20. The summed E-state index contributed by atoms with van der Waals surface area (Å²) < 4.78 is 56.5. The average molecular weight is 432 g/mol. The number of ether oxygens (including phenoxy) is 1. The van der Waals surface area contributed by atoms with Crippen LogP contribution in [0.15, 0.2) is 49.2 Å². The van der Waals surface area contributed by atoms with Gasteiger partial charge in [-0.2, -0.15) is 17.6 Å². The smallest absolute Gasteiger partial charge is 0.422 e. The van der Waals surface area contributed by atoms with Gasteiger partial charge in [0.1, 0.15) is 17.8 Å². The summed E-state index contributed by atoms with van der Waals surface area (Å²) in [4.78, 5) is 18.8. The summed E-state index contributed by atoms with van der Waals surface area (Å²) in [5.74, 6) is -0.573. The molecule has 0 saturated carbocycles. The van der Waals surface area contributed by atoms with Crippen LogP contribution < -0.4 is 10.1 Å². The van der Waals surface area contributed by atoms with E-state index in [4.69, 9.17) is 4.74 Å². The summed E-state index contributed by atoms with van der Waals surface area (Å²) in [6.45, 7) is -1.38. The first-order chi connectivity index (χ1) is 14.9. The molecule has 4 rings (SSSR count). The standard InChI is InChI=1S/C20H16F4N6O/c21-17-12(6-14-8-28-18-15(14)9-25-11-29-18)3-4-16(30-17)27-7-13-2-1-5-26-19(13)31-10-20(22,23)24/h1-5,8-9,11H,6-7,10H2,(H,27,30)(H,25,28,29). The van der Waals surface area contributed by atoms with E-state index in [0.29, 0.717) is 23.2 Å². The van der Waals surface area contributed by atoms with Gasteiger partial charge in [0.15, 0.2) is 6.61 Å². The minimum absolute atomic E-state index is 0.0621. The number of pyridine rings is 2. The number of H-pyrrole nitrogens is 1. The number of fused-ring (bicyclic) bond motifs is 1. The molecule has 0 aromatic carbocycles. The highest BCUT2D eigenvalue weighted by Crippen LogP contribution is 2.23. The van der Waals surface area contributed by atoms with Gasteiger partial charge in [-0.25, -0.2) is 19.9 Å². The number of alkyl halides is 3. The molecule has 0 unspecified atom stereocenters. The molecule has 31 heavy (non-hydrogen) atoms. The maximum Gasteiger partial charge on any atom is 0.422 e. The normalized spacial score (nSPS) is 11.6. The van der Waals surface area contributed by atoms with E-state index in [-0.39, 0.29) is 18.2 Å². The third kappa shape index (κ3) is 5.05. The minimum Gasteiger partial charge on any atom is -0.468 e. The Labute approximate surface area is 173 Å². The molecule has 0 aliphatic heterocycles. The van der Waals surface area contributed by atoms with E-state index < -0.39 is 18.7 Å². The highest BCUT2D eigenvalue weighted by atomic mass is 19.4. The lowest BCUT2D eigenvalue weighted by molar-refractivity contribution is -0.154. The van der Waals surface area contributed by atoms with Gasteiger partial charge in [-0.1, -0.05) is 12.1 Å². The summed E-state index contributed by atoms with van der Waals surface area (Å²) in [6, 6.07) is 6.32. The molecule has 0 amide bonds. The molecular formula is C20H16F4N6O. The first-order valence-electron chi connectivity index (χ1n) is 9.18. The fourth-order valence-electron chi connectivity index (χ4n) is 2.98. The van der Waals surface area contributed by atoms with E-state index >= 15 is 0 Å². The number of nitrogens with zero attached hydrogens (tertiary/aromatic N) is 4. The number of hydrogen-bond donors (Lipinski definition) is 2. The maximum absolute atomic E-state index is 14.5. The summed E-state index contributed by atoms with van der Waals surface area (Å²) >= 11 is 0. The van der Waals surface area contributed by atoms with Crippen molar-refractivity contribution in [2.24, 2.45) is 0 Å². The molecule has 11 heteroatoms. The Morgan fingerprint density at radius 3 is 2.74 bits per heavy atom. The molecule has 0 aliphatic carbocycles. The van der Waals surface area contributed by atoms with Crippen molar-refractivity contribution >= 4 is 16.9 Å². The summed E-state index contributed by atoms with van der Waals surface area (Å²) in [6.07, 6.45) is 1.98. The monoisotopic (exact) mass is 432 g/mol. The van der Waals surface area contributed by atoms with Crippen LogP contribution >= 0.6 is 0 Å². The molecule has 0 bridgehead atoms. The Morgan fingerprint density at radius 2 is 1.94 bits per heavy atom. The Hall–Kier alpha value is -3.76. The zero-order chi connectivity index (χ0) is 21.8. The molecule has 0 saturated heterocycles. The van der Waals surface area contributed by atoms with Crippen LogP contribution in [-0.4, -0.2) is 37.7 Å². The number of nitrogens with one attached hydrogen (secondary N) is 2. The zero-order valence-corrected chi connectivity index (χ0v) is 15.9. The van der Waals surface area contributed by atoms with Gasteiger partial charge in [0.2, 0.25) is 11.8 Å². The van der Waals surface area contributed by atoms with Crippen molar-refractivity contribution in [1.29, 1.82) is 0 Å². The van der Waals surface area contributed by atoms with Crippen molar-refractivity contribution in [1.82, 2.24) is 24.9 Å². The van der Waals surface area contributed by atoms with Crippen molar-refractivity contribution in [3.63, 3.8) is 0 Å². The highest BCUT2D eigenvalue weighted by Gasteiger charge is 2.29. The van der Waals surface area contributed by atoms with Gasteiger partial charge in [0.25, 0.3) is 0 Å². The second-order valence-corrected chi connectivity index (χ2v) is 6.65. The quantitative estimate of drug-likeness (QED) is 0.339. The molecular weight excluding hydrogens is 416 g/mol. The molecule has 2 N–H and O–H groups in total. The molecule has 4 aromatic rings. The van der Waals surface area contributed by atoms with Gasteiger partial charge in [-0.3, -0.25) is 0 Å². The van der Waals surface area contributed by atoms with Crippen molar-refractivity contribution in [2.75, 3.05) is 11.9 Å². The van der Waals surface area contributed by atoms with Crippen molar-refractivity contribution < 1.29 is 22.3 Å². The SMILES string of the molecule is Fc1nc(NCc2cccnc2OCC(F)(F)F)ccc1Cc1c[nH]c2ncncc12. The van der Waals surface area contributed by atoms with Crippen molar-refractivity contribution in [3.05, 3.63) is 71.8 Å². The van der Waals surface area contributed by atoms with Crippen LogP contribution in [0.3, 0.4) is 0 Å². The molecule has 0 spiro atoms. The van der Waals surface area contributed by atoms with E-state index in [2.05, 4.69) is 30.2 Å². The van der Waals surface area contributed by atoms with Gasteiger partial charge in [0.05, 0.1) is 0 Å². The van der Waals surface area contributed by atoms with E-state index in [0.717, 1.165) is 10.9 Å².